The topological polar surface area (TPSA) is 87.1 Å². The van der Waals surface area contributed by atoms with Crippen LogP contribution in [0.5, 0.6) is 0 Å². The molecule has 0 N–H and O–H groups in total. The van der Waals surface area contributed by atoms with Crippen LogP contribution < -0.4 is 0 Å². The first kappa shape index (κ1) is 19.3. The molecule has 0 saturated carbocycles. The largest absolute Gasteiger partial charge is 0.333 e. The predicted octanol–water partition coefficient (Wildman–Crippen LogP) is 1.92. The highest BCUT2D eigenvalue weighted by Crippen LogP contribution is 2.25. The summed E-state index contributed by atoms with van der Waals surface area (Å²) in [7, 11) is -3.13. The fourth-order valence-corrected chi connectivity index (χ4v) is 5.91. The summed E-state index contributed by atoms with van der Waals surface area (Å²) >= 11 is 7.36. The molecule has 2 aliphatic heterocycles. The molecule has 7 nitrogen and oxygen atoms in total. The van der Waals surface area contributed by atoms with Gasteiger partial charge in [-0.1, -0.05) is 11.6 Å². The van der Waals surface area contributed by atoms with Crippen molar-refractivity contribution in [3.8, 4) is 0 Å². The van der Waals surface area contributed by atoms with Gasteiger partial charge in [-0.3, -0.25) is 9.59 Å². The maximum absolute atomic E-state index is 12.8. The number of amides is 2. The number of hydrogen-bond donors (Lipinski definition) is 0. The van der Waals surface area contributed by atoms with Gasteiger partial charge in [0, 0.05) is 24.3 Å². The number of carbonyl (C=O) groups is 2. The Labute approximate surface area is 161 Å². The maximum Gasteiger partial charge on any atom is 0.270 e. The van der Waals surface area contributed by atoms with Crippen LogP contribution in [0.3, 0.4) is 0 Å². The Morgan fingerprint density at radius 2 is 2.19 bits per heavy atom. The molecule has 26 heavy (non-hydrogen) atoms. The first-order valence-electron chi connectivity index (χ1n) is 8.42. The molecule has 1 fully saturated rings. The average Bonchev–Trinajstić information content (AvgIpc) is 3.17. The Morgan fingerprint density at radius 3 is 2.77 bits per heavy atom. The molecule has 10 heteroatoms. The lowest BCUT2D eigenvalue weighted by atomic mass is 10.1. The van der Waals surface area contributed by atoms with Gasteiger partial charge in [0.1, 0.15) is 5.71 Å². The Morgan fingerprint density at radius 1 is 1.42 bits per heavy atom. The van der Waals surface area contributed by atoms with Gasteiger partial charge in [-0.25, -0.2) is 13.4 Å². The van der Waals surface area contributed by atoms with Gasteiger partial charge >= 0.3 is 0 Å². The van der Waals surface area contributed by atoms with E-state index in [0.717, 1.165) is 4.88 Å². The fraction of sp³-hybridized carbons (Fsp3) is 0.562. The number of rotatable bonds is 5. The van der Waals surface area contributed by atoms with E-state index in [9.17, 15) is 18.0 Å². The Bertz CT molecular complexity index is 849. The van der Waals surface area contributed by atoms with Crippen LogP contribution in [0.25, 0.3) is 0 Å². The monoisotopic (exact) mass is 417 g/mol. The van der Waals surface area contributed by atoms with E-state index in [4.69, 9.17) is 11.6 Å². The van der Waals surface area contributed by atoms with E-state index in [2.05, 4.69) is 5.10 Å². The molecule has 3 rings (SSSR count). The first-order valence-corrected chi connectivity index (χ1v) is 11.4. The summed E-state index contributed by atoms with van der Waals surface area (Å²) in [6.07, 6.45) is 0.809. The van der Waals surface area contributed by atoms with Gasteiger partial charge in [0.25, 0.3) is 5.91 Å². The van der Waals surface area contributed by atoms with E-state index in [1.807, 2.05) is 13.0 Å². The number of sulfone groups is 1. The van der Waals surface area contributed by atoms with Crippen LogP contribution in [0, 0.1) is 0 Å². The van der Waals surface area contributed by atoms with Crippen molar-refractivity contribution >= 4 is 50.3 Å². The van der Waals surface area contributed by atoms with Gasteiger partial charge in [-0.2, -0.15) is 5.10 Å². The van der Waals surface area contributed by atoms with Gasteiger partial charge in [0.2, 0.25) is 5.91 Å². The molecule has 0 aromatic carbocycles. The summed E-state index contributed by atoms with van der Waals surface area (Å²) in [5.74, 6) is -0.484. The normalized spacial score (nSPS) is 22.4. The molecule has 0 spiro atoms. The lowest BCUT2D eigenvalue weighted by Gasteiger charge is -2.29. The molecule has 1 saturated heterocycles. The van der Waals surface area contributed by atoms with Crippen molar-refractivity contribution < 1.29 is 18.0 Å². The van der Waals surface area contributed by atoms with Crippen LogP contribution >= 0.6 is 22.9 Å². The molecule has 1 atom stereocenters. The van der Waals surface area contributed by atoms with E-state index in [-0.39, 0.29) is 36.2 Å². The zero-order valence-corrected chi connectivity index (χ0v) is 16.7. The summed E-state index contributed by atoms with van der Waals surface area (Å²) in [6, 6.07) is 3.20. The second-order valence-corrected chi connectivity index (χ2v) is 10.4. The highest BCUT2D eigenvalue weighted by atomic mass is 35.5. The maximum atomic E-state index is 12.8. The molecule has 1 aromatic rings. The molecule has 0 aliphatic carbocycles. The van der Waals surface area contributed by atoms with E-state index in [1.165, 1.54) is 16.3 Å². The van der Waals surface area contributed by atoms with E-state index < -0.39 is 15.9 Å². The number of carbonyl (C=O) groups excluding carboxylic acids is 2. The Balaban J connectivity index is 1.76. The van der Waals surface area contributed by atoms with Crippen molar-refractivity contribution in [1.82, 2.24) is 9.91 Å². The van der Waals surface area contributed by atoms with Crippen molar-refractivity contribution in [1.29, 1.82) is 0 Å². The third-order valence-electron chi connectivity index (χ3n) is 4.51. The lowest BCUT2D eigenvalue weighted by molar-refractivity contribution is -0.134. The van der Waals surface area contributed by atoms with Gasteiger partial charge < -0.3 is 4.90 Å². The summed E-state index contributed by atoms with van der Waals surface area (Å²) in [4.78, 5) is 27.6. The summed E-state index contributed by atoms with van der Waals surface area (Å²) < 4.78 is 24.1. The van der Waals surface area contributed by atoms with Crippen molar-refractivity contribution in [3.63, 3.8) is 0 Å². The summed E-state index contributed by atoms with van der Waals surface area (Å²) in [6.45, 7) is 2.81. The Hall–Kier alpha value is -1.45. The third kappa shape index (κ3) is 4.27. The number of halogens is 1. The third-order valence-corrected chi connectivity index (χ3v) is 7.47. The minimum Gasteiger partial charge on any atom is -0.333 e. The van der Waals surface area contributed by atoms with Crippen molar-refractivity contribution in [2.75, 3.05) is 18.1 Å². The van der Waals surface area contributed by atoms with Crippen LogP contribution in [-0.2, 0) is 26.0 Å². The van der Waals surface area contributed by atoms with Crippen molar-refractivity contribution in [2.24, 2.45) is 5.10 Å². The number of hydrogen-bond acceptors (Lipinski definition) is 6. The smallest absolute Gasteiger partial charge is 0.270 e. The fourth-order valence-electron chi connectivity index (χ4n) is 3.11. The predicted molar refractivity (Wildman–Crippen MR) is 101 cm³/mol. The Kier molecular flexibility index (Phi) is 5.69. The van der Waals surface area contributed by atoms with Crippen molar-refractivity contribution in [3.05, 3.63) is 21.3 Å². The minimum absolute atomic E-state index is 0.0560. The molecule has 0 radical (unpaired) electrons. The number of hydrazone groups is 1. The summed E-state index contributed by atoms with van der Waals surface area (Å²) in [5, 5.41) is 5.47. The molecule has 1 aromatic heterocycles. The number of nitrogens with zero attached hydrogens (tertiary/aromatic N) is 3. The average molecular weight is 418 g/mol. The molecule has 142 valence electrons. The van der Waals surface area contributed by atoms with Gasteiger partial charge in [-0.15, -0.1) is 11.3 Å². The number of thiophene rings is 1. The molecule has 0 unspecified atom stereocenters. The van der Waals surface area contributed by atoms with Crippen LogP contribution in [0.15, 0.2) is 17.2 Å². The SMILES string of the molecule is CCN(Cc1ccc(Cl)s1)C(=O)C1=NN([C@H]2CCS(=O)(=O)C2)C(=O)CC1. The zero-order chi connectivity index (χ0) is 18.9. The standard InChI is InChI=1S/C16H20ClN3O4S2/c1-2-19(9-12-3-5-14(17)25-12)16(22)13-4-6-15(21)20(18-13)11-7-8-26(23,24)10-11/h3,5,11H,2,4,6-10H2,1H3/t11-/m0/s1. The molecule has 0 bridgehead atoms. The highest BCUT2D eigenvalue weighted by Gasteiger charge is 2.37. The minimum atomic E-state index is -3.13. The zero-order valence-electron chi connectivity index (χ0n) is 14.4. The van der Waals surface area contributed by atoms with E-state index in [0.29, 0.717) is 29.6 Å². The van der Waals surface area contributed by atoms with Crippen LogP contribution in [0.4, 0.5) is 0 Å². The second-order valence-electron chi connectivity index (χ2n) is 6.37. The van der Waals surface area contributed by atoms with Gasteiger partial charge in [-0.05, 0) is 25.5 Å². The second kappa shape index (κ2) is 7.66. The van der Waals surface area contributed by atoms with Crippen LogP contribution in [0.1, 0.15) is 31.1 Å². The molecule has 2 amide bonds. The lowest BCUT2D eigenvalue weighted by Crippen LogP contribution is -2.44. The molecule has 2 aliphatic rings. The van der Waals surface area contributed by atoms with Gasteiger partial charge in [0.15, 0.2) is 9.84 Å². The quantitative estimate of drug-likeness (QED) is 0.732. The molecule has 3 heterocycles. The van der Waals surface area contributed by atoms with Crippen molar-refractivity contribution in [2.45, 2.75) is 38.8 Å². The highest BCUT2D eigenvalue weighted by molar-refractivity contribution is 7.91. The summed E-state index contributed by atoms with van der Waals surface area (Å²) in [5.41, 5.74) is 0.304. The van der Waals surface area contributed by atoms with E-state index in [1.54, 1.807) is 11.0 Å². The van der Waals surface area contributed by atoms with Crippen LogP contribution in [-0.4, -0.2) is 59.9 Å². The first-order chi connectivity index (χ1) is 12.3. The molecular weight excluding hydrogens is 398 g/mol. The molecular formula is C16H20ClN3O4S2. The van der Waals surface area contributed by atoms with E-state index >= 15 is 0 Å². The van der Waals surface area contributed by atoms with Crippen LogP contribution in [0.2, 0.25) is 4.34 Å². The van der Waals surface area contributed by atoms with Gasteiger partial charge in [0.05, 0.1) is 28.4 Å².